The number of ether oxygens (including phenoxy) is 2. The maximum Gasteiger partial charge on any atom is 0.351 e. The molecule has 26 heavy (non-hydrogen) atoms. The second-order valence-corrected chi connectivity index (χ2v) is 6.98. The fourth-order valence-corrected chi connectivity index (χ4v) is 3.32. The molecule has 138 valence electrons. The van der Waals surface area contributed by atoms with E-state index in [0.717, 1.165) is 37.6 Å². The molecule has 0 bridgehead atoms. The lowest BCUT2D eigenvalue weighted by Gasteiger charge is -2.09. The summed E-state index contributed by atoms with van der Waals surface area (Å²) in [4.78, 5) is 11.1. The summed E-state index contributed by atoms with van der Waals surface area (Å²) >= 11 is 0. The van der Waals surface area contributed by atoms with Gasteiger partial charge in [-0.25, -0.2) is 17.6 Å². The van der Waals surface area contributed by atoms with E-state index in [1.54, 1.807) is 24.3 Å². The molecule has 2 aromatic rings. The number of hydrogen-bond donors (Lipinski definition) is 1. The molecule has 0 radical (unpaired) electrons. The van der Waals surface area contributed by atoms with Gasteiger partial charge in [-0.3, -0.25) is 0 Å². The lowest BCUT2D eigenvalue weighted by atomic mass is 10.3. The van der Waals surface area contributed by atoms with E-state index in [4.69, 9.17) is 4.74 Å². The van der Waals surface area contributed by atoms with E-state index in [-0.39, 0.29) is 4.90 Å². The number of rotatable bonds is 7. The zero-order valence-electron chi connectivity index (χ0n) is 14.2. The van der Waals surface area contributed by atoms with Crippen molar-refractivity contribution >= 4 is 21.5 Å². The summed E-state index contributed by atoms with van der Waals surface area (Å²) in [6.45, 7) is 2.38. The van der Waals surface area contributed by atoms with Gasteiger partial charge in [0.05, 0.1) is 18.6 Å². The molecule has 0 unspecified atom stereocenters. The smallest absolute Gasteiger partial charge is 0.351 e. The number of anilines is 1. The lowest BCUT2D eigenvalue weighted by molar-refractivity contribution is -0.135. The summed E-state index contributed by atoms with van der Waals surface area (Å²) in [5.41, 5.74) is 0.546. The molecule has 6 nitrogen and oxygen atoms in total. The zero-order chi connectivity index (χ0) is 19.2. The van der Waals surface area contributed by atoms with Gasteiger partial charge in [-0.2, -0.15) is 0 Å². The summed E-state index contributed by atoms with van der Waals surface area (Å²) in [6, 6.07) is 10.9. The Morgan fingerprint density at radius 3 is 2.27 bits per heavy atom. The van der Waals surface area contributed by atoms with Gasteiger partial charge in [0.2, 0.25) is 9.84 Å². The molecule has 8 heteroatoms. The van der Waals surface area contributed by atoms with E-state index in [1.165, 1.54) is 0 Å². The zero-order valence-corrected chi connectivity index (χ0v) is 15.0. The van der Waals surface area contributed by atoms with Crippen molar-refractivity contribution in [2.24, 2.45) is 0 Å². The van der Waals surface area contributed by atoms with Crippen LogP contribution in [0.2, 0.25) is 0 Å². The van der Waals surface area contributed by atoms with Crippen molar-refractivity contribution in [2.75, 3.05) is 19.0 Å². The number of benzene rings is 2. The molecule has 0 aromatic heterocycles. The third-order valence-corrected chi connectivity index (χ3v) is 5.09. The lowest BCUT2D eigenvalue weighted by Crippen LogP contribution is -2.17. The van der Waals surface area contributed by atoms with Crippen LogP contribution in [0.25, 0.3) is 0 Å². The van der Waals surface area contributed by atoms with Gasteiger partial charge < -0.3 is 14.8 Å². The first-order chi connectivity index (χ1) is 12.4. The summed E-state index contributed by atoms with van der Waals surface area (Å²) < 4.78 is 48.2. The van der Waals surface area contributed by atoms with E-state index in [9.17, 15) is 17.6 Å². The largest absolute Gasteiger partial charge is 0.494 e. The van der Waals surface area contributed by atoms with Gasteiger partial charge in [-0.1, -0.05) is 0 Å². The Morgan fingerprint density at radius 1 is 1.12 bits per heavy atom. The minimum Gasteiger partial charge on any atom is -0.494 e. The van der Waals surface area contributed by atoms with Crippen molar-refractivity contribution in [3.8, 4) is 5.75 Å². The van der Waals surface area contributed by atoms with Crippen molar-refractivity contribution in [1.82, 2.24) is 0 Å². The van der Waals surface area contributed by atoms with E-state index in [1.807, 2.05) is 6.92 Å². The van der Waals surface area contributed by atoms with Gasteiger partial charge in [0, 0.05) is 11.9 Å². The van der Waals surface area contributed by atoms with E-state index in [0.29, 0.717) is 18.0 Å². The molecule has 0 aliphatic heterocycles. The predicted molar refractivity (Wildman–Crippen MR) is 94.9 cm³/mol. The molecule has 1 N–H and O–H groups in total. The van der Waals surface area contributed by atoms with E-state index < -0.39 is 26.5 Å². The number of methoxy groups -OCH3 is 1. The number of carbonyl (C=O) groups excluding carboxylic acids is 1. The highest BCUT2D eigenvalue weighted by molar-refractivity contribution is 7.96. The molecule has 0 heterocycles. The van der Waals surface area contributed by atoms with Crippen LogP contribution in [0.5, 0.6) is 5.75 Å². The van der Waals surface area contributed by atoms with Gasteiger partial charge in [-0.05, 0) is 55.5 Å². The summed E-state index contributed by atoms with van der Waals surface area (Å²) in [5, 5.41) is 2.74. The molecule has 0 atom stereocenters. The van der Waals surface area contributed by atoms with Crippen LogP contribution in [0.4, 0.5) is 10.1 Å². The Labute approximate surface area is 151 Å². The van der Waals surface area contributed by atoms with Crippen molar-refractivity contribution < 1.29 is 27.1 Å². The highest BCUT2D eigenvalue weighted by atomic mass is 32.2. The number of halogens is 1. The normalized spacial score (nSPS) is 11.7. The molecule has 0 fully saturated rings. The Hall–Kier alpha value is -2.87. The second kappa shape index (κ2) is 8.48. The Balaban J connectivity index is 2.33. The fraction of sp³-hybridized carbons (Fsp3) is 0.167. The number of hydrogen-bond acceptors (Lipinski definition) is 6. The maximum absolute atomic E-state index is 13.0. The number of carbonyl (C=O) groups is 1. The maximum atomic E-state index is 13.0. The van der Waals surface area contributed by atoms with Crippen LogP contribution >= 0.6 is 0 Å². The highest BCUT2D eigenvalue weighted by Gasteiger charge is 2.28. The van der Waals surface area contributed by atoms with Crippen LogP contribution < -0.4 is 10.1 Å². The van der Waals surface area contributed by atoms with Crippen LogP contribution in [0.15, 0.2) is 64.5 Å². The van der Waals surface area contributed by atoms with Crippen LogP contribution in [0.1, 0.15) is 6.92 Å². The molecule has 0 saturated heterocycles. The molecule has 2 rings (SSSR count). The fourth-order valence-electron chi connectivity index (χ4n) is 2.05. The van der Waals surface area contributed by atoms with Gasteiger partial charge in [-0.15, -0.1) is 0 Å². The first-order valence-electron chi connectivity index (χ1n) is 7.67. The van der Waals surface area contributed by atoms with Gasteiger partial charge in [0.1, 0.15) is 11.6 Å². The topological polar surface area (TPSA) is 81.7 Å². The first-order valence-corrected chi connectivity index (χ1v) is 9.15. The predicted octanol–water partition coefficient (Wildman–Crippen LogP) is 3.12. The van der Waals surface area contributed by atoms with Crippen molar-refractivity contribution in [3.63, 3.8) is 0 Å². The molecular formula is C18H18FNO5S. The van der Waals surface area contributed by atoms with Gasteiger partial charge in [0.25, 0.3) is 0 Å². The molecule has 0 aliphatic rings. The standard InChI is InChI=1S/C18H18FNO5S/c1-3-25-15-8-6-14(7-9-15)20-12-17(18(21)24-2)26(22,23)16-10-4-13(19)5-11-16/h4-12,20H,3H2,1-2H3/b17-12+. The Morgan fingerprint density at radius 2 is 1.73 bits per heavy atom. The van der Waals surface area contributed by atoms with Gasteiger partial charge >= 0.3 is 5.97 Å². The number of nitrogens with one attached hydrogen (secondary N) is 1. The SMILES string of the molecule is CCOc1ccc(N/C=C(\C(=O)OC)S(=O)(=O)c2ccc(F)cc2)cc1. The Bertz CT molecular complexity index is 890. The van der Waals surface area contributed by atoms with Crippen molar-refractivity contribution in [3.05, 3.63) is 65.5 Å². The van der Waals surface area contributed by atoms with Gasteiger partial charge in [0.15, 0.2) is 4.91 Å². The van der Waals surface area contributed by atoms with Crippen LogP contribution in [-0.2, 0) is 19.4 Å². The average Bonchev–Trinajstić information content (AvgIpc) is 2.63. The Kier molecular flexibility index (Phi) is 6.35. The summed E-state index contributed by atoms with van der Waals surface area (Å²) in [5.74, 6) is -0.957. The molecular weight excluding hydrogens is 361 g/mol. The van der Waals surface area contributed by atoms with E-state index in [2.05, 4.69) is 10.1 Å². The van der Waals surface area contributed by atoms with Crippen LogP contribution in [-0.4, -0.2) is 28.1 Å². The molecule has 0 saturated carbocycles. The quantitative estimate of drug-likeness (QED) is 0.452. The van der Waals surface area contributed by atoms with Crippen LogP contribution in [0.3, 0.4) is 0 Å². The van der Waals surface area contributed by atoms with Crippen molar-refractivity contribution in [2.45, 2.75) is 11.8 Å². The highest BCUT2D eigenvalue weighted by Crippen LogP contribution is 2.22. The second-order valence-electron chi connectivity index (χ2n) is 5.06. The minimum atomic E-state index is -4.18. The third kappa shape index (κ3) is 4.60. The number of esters is 1. The molecule has 2 aromatic carbocycles. The average molecular weight is 379 g/mol. The third-order valence-electron chi connectivity index (χ3n) is 3.34. The molecule has 0 amide bonds. The number of sulfone groups is 1. The molecule has 0 aliphatic carbocycles. The van der Waals surface area contributed by atoms with Crippen molar-refractivity contribution in [1.29, 1.82) is 0 Å². The molecule has 0 spiro atoms. The summed E-state index contributed by atoms with van der Waals surface area (Å²) in [7, 11) is -3.11. The van der Waals surface area contributed by atoms with E-state index >= 15 is 0 Å². The minimum absolute atomic E-state index is 0.218. The van der Waals surface area contributed by atoms with Crippen LogP contribution in [0, 0.1) is 5.82 Å². The summed E-state index contributed by atoms with van der Waals surface area (Å²) in [6.07, 6.45) is 1.04. The monoisotopic (exact) mass is 379 g/mol. The first kappa shape index (κ1) is 19.5.